The molecule has 0 aromatic heterocycles. The Kier molecular flexibility index (Phi) is 8.76. The summed E-state index contributed by atoms with van der Waals surface area (Å²) in [5, 5.41) is 0. The van der Waals surface area contributed by atoms with Gasteiger partial charge in [-0.1, -0.05) is 30.3 Å². The highest BCUT2D eigenvalue weighted by Gasteiger charge is 2.34. The fourth-order valence-corrected chi connectivity index (χ4v) is 5.08. The second kappa shape index (κ2) is 12.0. The molecule has 2 heterocycles. The van der Waals surface area contributed by atoms with Gasteiger partial charge in [-0.2, -0.15) is 0 Å². The Morgan fingerprint density at radius 1 is 1.03 bits per heavy atom. The third-order valence-electron chi connectivity index (χ3n) is 7.26. The van der Waals surface area contributed by atoms with Crippen LogP contribution in [0.5, 0.6) is 5.75 Å². The van der Waals surface area contributed by atoms with Gasteiger partial charge in [0.25, 0.3) is 0 Å². The molecule has 0 saturated carbocycles. The number of nitrogens with zero attached hydrogens (tertiary/aromatic N) is 3. The number of halogens is 1. The highest BCUT2D eigenvalue weighted by Crippen LogP contribution is 2.23. The van der Waals surface area contributed by atoms with Gasteiger partial charge in [-0.15, -0.1) is 0 Å². The summed E-state index contributed by atoms with van der Waals surface area (Å²) in [5.74, 6) is 0.648. The first-order valence-corrected chi connectivity index (χ1v) is 12.7. The Bertz CT molecular complexity index is 960. The van der Waals surface area contributed by atoms with Crippen LogP contribution in [0.2, 0.25) is 0 Å². The molecule has 0 N–H and O–H groups in total. The average molecular weight is 484 g/mol. The molecule has 0 aliphatic carbocycles. The van der Waals surface area contributed by atoms with Crippen LogP contribution in [0.25, 0.3) is 0 Å². The first-order valence-electron chi connectivity index (χ1n) is 12.7. The molecule has 1 atom stereocenters. The van der Waals surface area contributed by atoms with Crippen LogP contribution in [0, 0.1) is 5.82 Å². The first-order chi connectivity index (χ1) is 16.9. The van der Waals surface area contributed by atoms with Crippen molar-refractivity contribution in [3.05, 3.63) is 65.5 Å². The van der Waals surface area contributed by atoms with E-state index < -0.39 is 0 Å². The predicted molar refractivity (Wildman–Crippen MR) is 135 cm³/mol. The van der Waals surface area contributed by atoms with Crippen molar-refractivity contribution in [3.8, 4) is 5.75 Å². The number of hydrogen-bond acceptors (Lipinski definition) is 5. The van der Waals surface area contributed by atoms with Crippen LogP contribution < -0.4 is 4.74 Å². The molecule has 2 aromatic carbocycles. The maximum atomic E-state index is 14.2. The molecule has 0 bridgehead atoms. The van der Waals surface area contributed by atoms with Crippen LogP contribution in [0.4, 0.5) is 4.39 Å². The van der Waals surface area contributed by atoms with Crippen molar-refractivity contribution < 1.29 is 18.7 Å². The lowest BCUT2D eigenvalue weighted by atomic mass is 10.0. The van der Waals surface area contributed by atoms with E-state index in [-0.39, 0.29) is 24.4 Å². The number of piperidine rings is 1. The summed E-state index contributed by atoms with van der Waals surface area (Å²) >= 11 is 0. The van der Waals surface area contributed by atoms with Crippen LogP contribution >= 0.6 is 0 Å². The SMILES string of the molecule is COc1ccc(CN2CC(OCc3ccccc3F)CN(C3CCN(C(C)C)CC3)CC2=O)cc1. The molecule has 2 aromatic rings. The Morgan fingerprint density at radius 2 is 1.74 bits per heavy atom. The van der Waals surface area contributed by atoms with Crippen molar-refractivity contribution in [3.63, 3.8) is 0 Å². The monoisotopic (exact) mass is 483 g/mol. The fraction of sp³-hybridized carbons (Fsp3) is 0.536. The summed E-state index contributed by atoms with van der Waals surface area (Å²) in [4.78, 5) is 20.1. The van der Waals surface area contributed by atoms with Gasteiger partial charge in [-0.05, 0) is 63.5 Å². The summed E-state index contributed by atoms with van der Waals surface area (Å²) in [5.41, 5.74) is 1.59. The van der Waals surface area contributed by atoms with Gasteiger partial charge in [-0.3, -0.25) is 9.69 Å². The highest BCUT2D eigenvalue weighted by molar-refractivity contribution is 5.78. The van der Waals surface area contributed by atoms with Crippen molar-refractivity contribution in [1.82, 2.24) is 14.7 Å². The normalized spacial score (nSPS) is 20.9. The van der Waals surface area contributed by atoms with E-state index in [1.807, 2.05) is 35.2 Å². The lowest BCUT2D eigenvalue weighted by Crippen LogP contribution is -2.49. The van der Waals surface area contributed by atoms with Gasteiger partial charge in [-0.25, -0.2) is 4.39 Å². The zero-order valence-electron chi connectivity index (χ0n) is 21.2. The molecule has 35 heavy (non-hydrogen) atoms. The van der Waals surface area contributed by atoms with Gasteiger partial charge in [0, 0.05) is 37.3 Å². The maximum absolute atomic E-state index is 14.2. The first kappa shape index (κ1) is 25.6. The largest absolute Gasteiger partial charge is 0.497 e. The third-order valence-corrected chi connectivity index (χ3v) is 7.26. The molecule has 2 fully saturated rings. The molecule has 2 saturated heterocycles. The molecule has 0 radical (unpaired) electrons. The number of rotatable bonds is 8. The van der Waals surface area contributed by atoms with Crippen LogP contribution in [0.3, 0.4) is 0 Å². The van der Waals surface area contributed by atoms with E-state index in [1.54, 1.807) is 19.2 Å². The topological polar surface area (TPSA) is 45.3 Å². The van der Waals surface area contributed by atoms with Gasteiger partial charge < -0.3 is 19.3 Å². The molecule has 190 valence electrons. The van der Waals surface area contributed by atoms with Gasteiger partial charge in [0.2, 0.25) is 5.91 Å². The number of likely N-dealkylation sites (tertiary alicyclic amines) is 1. The van der Waals surface area contributed by atoms with E-state index in [2.05, 4.69) is 23.6 Å². The minimum atomic E-state index is -0.259. The van der Waals surface area contributed by atoms with Crippen molar-refractivity contribution in [2.75, 3.05) is 39.8 Å². The molecule has 1 unspecified atom stereocenters. The second-order valence-electron chi connectivity index (χ2n) is 9.94. The zero-order chi connectivity index (χ0) is 24.8. The molecule has 1 amide bonds. The smallest absolute Gasteiger partial charge is 0.237 e. The van der Waals surface area contributed by atoms with Gasteiger partial charge in [0.15, 0.2) is 0 Å². The summed E-state index contributed by atoms with van der Waals surface area (Å²) < 4.78 is 25.7. The number of carbonyl (C=O) groups excluding carboxylic acids is 1. The van der Waals surface area contributed by atoms with Gasteiger partial charge >= 0.3 is 0 Å². The van der Waals surface area contributed by atoms with Crippen LogP contribution in [-0.2, 0) is 22.7 Å². The molecule has 6 nitrogen and oxygen atoms in total. The van der Waals surface area contributed by atoms with Crippen LogP contribution in [0.15, 0.2) is 48.5 Å². The van der Waals surface area contributed by atoms with Crippen LogP contribution in [0.1, 0.15) is 37.8 Å². The number of benzene rings is 2. The zero-order valence-corrected chi connectivity index (χ0v) is 21.2. The summed E-state index contributed by atoms with van der Waals surface area (Å²) in [6, 6.07) is 15.4. The predicted octanol–water partition coefficient (Wildman–Crippen LogP) is 3.94. The quantitative estimate of drug-likeness (QED) is 0.569. The number of carbonyl (C=O) groups is 1. The lowest BCUT2D eigenvalue weighted by Gasteiger charge is -2.39. The lowest BCUT2D eigenvalue weighted by molar-refractivity contribution is -0.133. The maximum Gasteiger partial charge on any atom is 0.237 e. The highest BCUT2D eigenvalue weighted by atomic mass is 19.1. The summed E-state index contributed by atoms with van der Waals surface area (Å²) in [6.07, 6.45) is 1.90. The number of hydrogen-bond donors (Lipinski definition) is 0. The summed E-state index contributed by atoms with van der Waals surface area (Å²) in [6.45, 7) is 8.82. The van der Waals surface area contributed by atoms with Crippen molar-refractivity contribution in [2.45, 2.75) is 58.0 Å². The van der Waals surface area contributed by atoms with Crippen molar-refractivity contribution in [1.29, 1.82) is 0 Å². The minimum Gasteiger partial charge on any atom is -0.497 e. The molecular weight excluding hydrogens is 445 g/mol. The van der Waals surface area contributed by atoms with E-state index in [0.717, 1.165) is 37.2 Å². The van der Waals surface area contributed by atoms with E-state index in [4.69, 9.17) is 9.47 Å². The average Bonchev–Trinajstić information content (AvgIpc) is 3.02. The second-order valence-corrected chi connectivity index (χ2v) is 9.94. The van der Waals surface area contributed by atoms with E-state index in [1.165, 1.54) is 6.07 Å². The van der Waals surface area contributed by atoms with E-state index >= 15 is 0 Å². The third kappa shape index (κ3) is 6.81. The van der Waals surface area contributed by atoms with Gasteiger partial charge in [0.1, 0.15) is 11.6 Å². The standard InChI is InChI=1S/C28H38FN3O3/c1-21(2)30-14-12-24(13-15-30)31-17-26(35-20-23-6-4-5-7-27(23)29)18-32(28(33)19-31)16-22-8-10-25(34-3)11-9-22/h4-11,21,24,26H,12-20H2,1-3H3. The number of methoxy groups -OCH3 is 1. The van der Waals surface area contributed by atoms with Gasteiger partial charge in [0.05, 0.1) is 26.4 Å². The molecule has 0 spiro atoms. The molecule has 2 aliphatic heterocycles. The number of ether oxygens (including phenoxy) is 2. The Labute approximate surface area is 208 Å². The Hall–Kier alpha value is -2.48. The Balaban J connectivity index is 1.47. The molecule has 4 rings (SSSR count). The molecule has 7 heteroatoms. The molecule has 2 aliphatic rings. The summed E-state index contributed by atoms with van der Waals surface area (Å²) in [7, 11) is 1.64. The fourth-order valence-electron chi connectivity index (χ4n) is 5.08. The van der Waals surface area contributed by atoms with E-state index in [9.17, 15) is 9.18 Å². The van der Waals surface area contributed by atoms with Crippen LogP contribution in [-0.4, -0.2) is 78.6 Å². The molecular formula is C28H38FN3O3. The van der Waals surface area contributed by atoms with Crippen molar-refractivity contribution in [2.24, 2.45) is 0 Å². The number of amides is 1. The Morgan fingerprint density at radius 3 is 2.40 bits per heavy atom. The minimum absolute atomic E-state index is 0.115. The van der Waals surface area contributed by atoms with E-state index in [0.29, 0.717) is 43.8 Å². The van der Waals surface area contributed by atoms with Crippen molar-refractivity contribution >= 4 is 5.91 Å².